The van der Waals surface area contributed by atoms with Gasteiger partial charge in [0, 0.05) is 17.6 Å². The molecule has 188 valence electrons. The van der Waals surface area contributed by atoms with E-state index in [9.17, 15) is 18.0 Å². The van der Waals surface area contributed by atoms with Gasteiger partial charge in [-0.3, -0.25) is 0 Å². The molecule has 1 atom stereocenters. The maximum absolute atomic E-state index is 13.3. The lowest BCUT2D eigenvalue weighted by atomic mass is 10.0. The number of benzene rings is 2. The highest BCUT2D eigenvalue weighted by Crippen LogP contribution is 2.35. The predicted molar refractivity (Wildman–Crippen MR) is 136 cm³/mol. The monoisotopic (exact) mass is 506 g/mol. The van der Waals surface area contributed by atoms with Crippen LogP contribution in [-0.2, 0) is 22.3 Å². The summed E-state index contributed by atoms with van der Waals surface area (Å²) in [6.45, 7) is 11.4. The molecular formula is C25H30F3N4O2P. The molecule has 0 aliphatic heterocycles. The van der Waals surface area contributed by atoms with Crippen LogP contribution in [-0.4, -0.2) is 41.9 Å². The number of fused-ring (bicyclic) bond motifs is 1. The second kappa shape index (κ2) is 10.8. The van der Waals surface area contributed by atoms with E-state index >= 15 is 0 Å². The Kier molecular flexibility index (Phi) is 8.21. The Labute approximate surface area is 204 Å². The molecule has 3 aromatic rings. The van der Waals surface area contributed by atoms with Crippen LogP contribution in [0.4, 0.5) is 24.7 Å². The van der Waals surface area contributed by atoms with E-state index in [0.29, 0.717) is 29.3 Å². The SMILES string of the molecule is CCOC(=O)C(C)Nc1cc2nc(C)nc(NCc3cccc(C(F)(F)F)c3C)c2cc1P(C)C. The third kappa shape index (κ3) is 6.20. The van der Waals surface area contributed by atoms with Crippen LogP contribution in [0.25, 0.3) is 10.9 Å². The summed E-state index contributed by atoms with van der Waals surface area (Å²) in [5.41, 5.74) is 1.55. The minimum atomic E-state index is -4.41. The zero-order chi connectivity index (χ0) is 25.9. The van der Waals surface area contributed by atoms with Gasteiger partial charge in [-0.15, -0.1) is 0 Å². The van der Waals surface area contributed by atoms with Crippen molar-refractivity contribution in [3.63, 3.8) is 0 Å². The lowest BCUT2D eigenvalue weighted by Gasteiger charge is -2.21. The van der Waals surface area contributed by atoms with Crippen LogP contribution in [0.1, 0.15) is 36.4 Å². The maximum atomic E-state index is 13.3. The average Bonchev–Trinajstić information content (AvgIpc) is 2.76. The van der Waals surface area contributed by atoms with E-state index in [-0.39, 0.29) is 18.1 Å². The van der Waals surface area contributed by atoms with Crippen LogP contribution < -0.4 is 15.9 Å². The molecule has 0 radical (unpaired) electrons. The molecule has 1 unspecified atom stereocenters. The van der Waals surface area contributed by atoms with E-state index in [1.807, 2.05) is 12.1 Å². The van der Waals surface area contributed by atoms with Gasteiger partial charge in [-0.2, -0.15) is 13.2 Å². The van der Waals surface area contributed by atoms with E-state index in [4.69, 9.17) is 4.74 Å². The van der Waals surface area contributed by atoms with Crippen molar-refractivity contribution >= 4 is 41.6 Å². The number of alkyl halides is 3. The summed E-state index contributed by atoms with van der Waals surface area (Å²) < 4.78 is 45.1. The van der Waals surface area contributed by atoms with Crippen LogP contribution in [0.2, 0.25) is 0 Å². The minimum absolute atomic E-state index is 0.184. The molecule has 0 saturated heterocycles. The van der Waals surface area contributed by atoms with E-state index < -0.39 is 25.7 Å². The fraction of sp³-hybridized carbons (Fsp3) is 0.400. The second-order valence-corrected chi connectivity index (χ2v) is 10.7. The number of carbonyl (C=O) groups excluding carboxylic acids is 1. The third-order valence-corrected chi connectivity index (χ3v) is 6.95. The van der Waals surface area contributed by atoms with Crippen LogP contribution in [0, 0.1) is 13.8 Å². The molecule has 6 nitrogen and oxygen atoms in total. The number of nitrogens with one attached hydrogen (secondary N) is 2. The van der Waals surface area contributed by atoms with Gasteiger partial charge in [-0.1, -0.05) is 20.1 Å². The zero-order valence-corrected chi connectivity index (χ0v) is 21.6. The number of hydrogen-bond acceptors (Lipinski definition) is 6. The highest BCUT2D eigenvalue weighted by atomic mass is 31.1. The first-order valence-electron chi connectivity index (χ1n) is 11.2. The normalized spacial score (nSPS) is 12.6. The van der Waals surface area contributed by atoms with Crippen molar-refractivity contribution in [2.45, 2.75) is 46.5 Å². The Morgan fingerprint density at radius 3 is 2.51 bits per heavy atom. The van der Waals surface area contributed by atoms with Crippen molar-refractivity contribution in [3.05, 3.63) is 52.8 Å². The Balaban J connectivity index is 1.99. The Bertz CT molecular complexity index is 1230. The summed E-state index contributed by atoms with van der Waals surface area (Å²) in [7, 11) is -0.566. The van der Waals surface area contributed by atoms with Crippen molar-refractivity contribution < 1.29 is 22.7 Å². The smallest absolute Gasteiger partial charge is 0.416 e. The summed E-state index contributed by atoms with van der Waals surface area (Å²) in [5, 5.41) is 8.25. The molecule has 10 heteroatoms. The molecular weight excluding hydrogens is 476 g/mol. The van der Waals surface area contributed by atoms with Gasteiger partial charge in [-0.25, -0.2) is 14.8 Å². The lowest BCUT2D eigenvalue weighted by Crippen LogP contribution is -2.30. The molecule has 0 spiro atoms. The number of ether oxygens (including phenoxy) is 1. The topological polar surface area (TPSA) is 76.1 Å². The fourth-order valence-electron chi connectivity index (χ4n) is 3.82. The molecule has 1 heterocycles. The molecule has 2 aromatic carbocycles. The Morgan fingerprint density at radius 1 is 1.17 bits per heavy atom. The number of aryl methyl sites for hydroxylation is 1. The molecule has 0 saturated carbocycles. The second-order valence-electron chi connectivity index (χ2n) is 8.46. The van der Waals surface area contributed by atoms with Crippen molar-refractivity contribution in [2.75, 3.05) is 30.6 Å². The highest BCUT2D eigenvalue weighted by molar-refractivity contribution is 7.64. The largest absolute Gasteiger partial charge is 0.464 e. The number of nitrogens with zero attached hydrogens (tertiary/aromatic N) is 2. The summed E-state index contributed by atoms with van der Waals surface area (Å²) >= 11 is 0. The number of aromatic nitrogens is 2. The van der Waals surface area contributed by atoms with Crippen LogP contribution in [0.3, 0.4) is 0 Å². The van der Waals surface area contributed by atoms with Gasteiger partial charge in [0.1, 0.15) is 17.7 Å². The lowest BCUT2D eigenvalue weighted by molar-refractivity contribution is -0.143. The summed E-state index contributed by atoms with van der Waals surface area (Å²) in [5.74, 6) is 0.730. The maximum Gasteiger partial charge on any atom is 0.416 e. The molecule has 0 aliphatic carbocycles. The molecule has 0 fully saturated rings. The Hall–Kier alpha value is -2.93. The van der Waals surface area contributed by atoms with Crippen molar-refractivity contribution in [1.82, 2.24) is 9.97 Å². The van der Waals surface area contributed by atoms with Gasteiger partial charge in [0.05, 0.1) is 17.7 Å². The summed E-state index contributed by atoms with van der Waals surface area (Å²) in [6, 6.07) is 7.52. The van der Waals surface area contributed by atoms with Crippen molar-refractivity contribution in [1.29, 1.82) is 0 Å². The third-order valence-electron chi connectivity index (χ3n) is 5.62. The van der Waals surface area contributed by atoms with E-state index in [1.54, 1.807) is 26.8 Å². The van der Waals surface area contributed by atoms with E-state index in [0.717, 1.165) is 22.4 Å². The number of rotatable bonds is 8. The standard InChI is InChI=1S/C25H30F3N4O2P/c1-7-34-24(33)15(3)30-21-12-20-18(11-22(21)35(5)6)23(32-16(4)31-20)29-13-17-9-8-10-19(14(17)2)25(26,27)28/h8-12,15,30H,7,13H2,1-6H3,(H,29,31,32). The van der Waals surface area contributed by atoms with E-state index in [2.05, 4.69) is 33.9 Å². The number of anilines is 2. The average molecular weight is 507 g/mol. The summed E-state index contributed by atoms with van der Waals surface area (Å²) in [4.78, 5) is 21.2. The van der Waals surface area contributed by atoms with Gasteiger partial charge in [0.2, 0.25) is 0 Å². The highest BCUT2D eigenvalue weighted by Gasteiger charge is 2.32. The number of esters is 1. The predicted octanol–water partition coefficient (Wildman–Crippen LogP) is 5.61. The van der Waals surface area contributed by atoms with Gasteiger partial charge in [0.25, 0.3) is 0 Å². The molecule has 1 aromatic heterocycles. The molecule has 0 amide bonds. The number of halogens is 3. The first kappa shape index (κ1) is 26.7. The molecule has 0 aliphatic rings. The van der Waals surface area contributed by atoms with Crippen molar-refractivity contribution in [2.24, 2.45) is 0 Å². The first-order chi connectivity index (χ1) is 16.4. The van der Waals surface area contributed by atoms with Gasteiger partial charge < -0.3 is 15.4 Å². The molecule has 0 bridgehead atoms. The zero-order valence-electron chi connectivity index (χ0n) is 20.7. The molecule has 35 heavy (non-hydrogen) atoms. The summed E-state index contributed by atoms with van der Waals surface area (Å²) in [6.07, 6.45) is -4.41. The first-order valence-corrected chi connectivity index (χ1v) is 13.5. The van der Waals surface area contributed by atoms with Crippen molar-refractivity contribution in [3.8, 4) is 0 Å². The van der Waals surface area contributed by atoms with Gasteiger partial charge >= 0.3 is 12.1 Å². The van der Waals surface area contributed by atoms with Crippen LogP contribution in [0.15, 0.2) is 30.3 Å². The number of hydrogen-bond donors (Lipinski definition) is 2. The van der Waals surface area contributed by atoms with Crippen LogP contribution in [0.5, 0.6) is 0 Å². The molecule has 3 rings (SSSR count). The van der Waals surface area contributed by atoms with Crippen LogP contribution >= 0.6 is 7.92 Å². The fourth-order valence-corrected chi connectivity index (χ4v) is 4.82. The number of carbonyl (C=O) groups is 1. The van der Waals surface area contributed by atoms with Gasteiger partial charge in [0.15, 0.2) is 0 Å². The van der Waals surface area contributed by atoms with E-state index in [1.165, 1.54) is 13.0 Å². The minimum Gasteiger partial charge on any atom is -0.464 e. The molecule has 2 N–H and O–H groups in total. The Morgan fingerprint density at radius 2 is 1.89 bits per heavy atom. The quantitative estimate of drug-likeness (QED) is 0.306. The van der Waals surface area contributed by atoms with Gasteiger partial charge in [-0.05, 0) is 75.7 Å².